The number of rotatable bonds is 5. The summed E-state index contributed by atoms with van der Waals surface area (Å²) >= 11 is 0. The van der Waals surface area contributed by atoms with Crippen LogP contribution >= 0.6 is 0 Å². The number of amides is 2. The zero-order valence-electron chi connectivity index (χ0n) is 17.9. The molecule has 2 aliphatic rings. The molecule has 0 bridgehead atoms. The van der Waals surface area contributed by atoms with Crippen molar-refractivity contribution >= 4 is 22.7 Å². The molecule has 2 heterocycles. The smallest absolute Gasteiger partial charge is 0.271 e. The molecule has 5 nitrogen and oxygen atoms in total. The average Bonchev–Trinajstić information content (AvgIpc) is 3.07. The van der Waals surface area contributed by atoms with Crippen LogP contribution in [0, 0.1) is 5.92 Å². The van der Waals surface area contributed by atoms with Crippen molar-refractivity contribution < 1.29 is 9.59 Å². The van der Waals surface area contributed by atoms with E-state index in [0.29, 0.717) is 24.7 Å². The molecule has 1 fully saturated rings. The summed E-state index contributed by atoms with van der Waals surface area (Å²) in [5.41, 5.74) is 0.840. The molecule has 0 spiro atoms. The number of carbonyl (C=O) groups excluding carboxylic acids is 2. The van der Waals surface area contributed by atoms with E-state index in [1.54, 1.807) is 0 Å². The Hall–Kier alpha value is -2.30. The fourth-order valence-corrected chi connectivity index (χ4v) is 4.83. The SMILES string of the molecule is CC(C)CCN1C(=O)c2cc3ccccc3n2C[C@@]1(C)C(=O)NC1CCCCC1. The van der Waals surface area contributed by atoms with Crippen molar-refractivity contribution in [1.82, 2.24) is 14.8 Å². The number of benzene rings is 1. The summed E-state index contributed by atoms with van der Waals surface area (Å²) < 4.78 is 2.05. The summed E-state index contributed by atoms with van der Waals surface area (Å²) in [6.45, 7) is 7.36. The quantitative estimate of drug-likeness (QED) is 0.818. The molecule has 1 aromatic heterocycles. The summed E-state index contributed by atoms with van der Waals surface area (Å²) in [6, 6.07) is 10.3. The van der Waals surface area contributed by atoms with Gasteiger partial charge in [-0.3, -0.25) is 9.59 Å². The van der Waals surface area contributed by atoms with Gasteiger partial charge in [-0.2, -0.15) is 0 Å². The van der Waals surface area contributed by atoms with Crippen LogP contribution in [0.15, 0.2) is 30.3 Å². The zero-order valence-corrected chi connectivity index (χ0v) is 17.9. The maximum atomic E-state index is 13.5. The van der Waals surface area contributed by atoms with E-state index in [9.17, 15) is 9.59 Å². The zero-order chi connectivity index (χ0) is 20.6. The molecule has 1 saturated carbocycles. The fraction of sp³-hybridized carbons (Fsp3) is 0.583. The van der Waals surface area contributed by atoms with E-state index in [0.717, 1.165) is 30.2 Å². The average molecular weight is 396 g/mol. The van der Waals surface area contributed by atoms with Gasteiger partial charge in [-0.25, -0.2) is 0 Å². The van der Waals surface area contributed by atoms with E-state index in [1.165, 1.54) is 19.3 Å². The monoisotopic (exact) mass is 395 g/mol. The van der Waals surface area contributed by atoms with Crippen molar-refractivity contribution in [2.45, 2.75) is 77.4 Å². The van der Waals surface area contributed by atoms with Gasteiger partial charge < -0.3 is 14.8 Å². The van der Waals surface area contributed by atoms with Gasteiger partial charge in [0.15, 0.2) is 0 Å². The molecule has 0 unspecified atom stereocenters. The highest BCUT2D eigenvalue weighted by molar-refractivity contribution is 6.03. The summed E-state index contributed by atoms with van der Waals surface area (Å²) in [7, 11) is 0. The van der Waals surface area contributed by atoms with Crippen LogP contribution in [-0.4, -0.2) is 39.4 Å². The summed E-state index contributed by atoms with van der Waals surface area (Å²) in [5, 5.41) is 4.34. The maximum absolute atomic E-state index is 13.5. The predicted octanol–water partition coefficient (Wildman–Crippen LogP) is 4.35. The topological polar surface area (TPSA) is 54.3 Å². The van der Waals surface area contributed by atoms with Gasteiger partial charge in [0.25, 0.3) is 5.91 Å². The van der Waals surface area contributed by atoms with Gasteiger partial charge in [-0.15, -0.1) is 0 Å². The van der Waals surface area contributed by atoms with E-state index in [1.807, 2.05) is 46.7 Å². The number of aromatic nitrogens is 1. The molecule has 1 aromatic carbocycles. The van der Waals surface area contributed by atoms with E-state index in [4.69, 9.17) is 0 Å². The molecule has 0 radical (unpaired) electrons. The molecule has 29 heavy (non-hydrogen) atoms. The lowest BCUT2D eigenvalue weighted by Gasteiger charge is -2.45. The summed E-state index contributed by atoms with van der Waals surface area (Å²) in [4.78, 5) is 28.9. The van der Waals surface area contributed by atoms with Crippen molar-refractivity contribution in [2.75, 3.05) is 6.54 Å². The molecule has 2 aromatic rings. The fourth-order valence-electron chi connectivity index (χ4n) is 4.83. The first-order valence-corrected chi connectivity index (χ1v) is 11.1. The third-order valence-electron chi connectivity index (χ3n) is 6.70. The first kappa shape index (κ1) is 20.0. The maximum Gasteiger partial charge on any atom is 0.271 e. The number of hydrogen-bond acceptors (Lipinski definition) is 2. The van der Waals surface area contributed by atoms with Crippen LogP contribution in [0.25, 0.3) is 10.9 Å². The Balaban J connectivity index is 1.70. The lowest BCUT2D eigenvalue weighted by atomic mass is 9.91. The molecule has 1 aliphatic heterocycles. The van der Waals surface area contributed by atoms with E-state index >= 15 is 0 Å². The molecule has 156 valence electrons. The van der Waals surface area contributed by atoms with Crippen LogP contribution in [0.5, 0.6) is 0 Å². The van der Waals surface area contributed by atoms with E-state index in [-0.39, 0.29) is 17.9 Å². The highest BCUT2D eigenvalue weighted by Gasteiger charge is 2.47. The molecule has 2 amide bonds. The van der Waals surface area contributed by atoms with Crippen LogP contribution in [-0.2, 0) is 11.3 Å². The van der Waals surface area contributed by atoms with E-state index < -0.39 is 5.54 Å². The molecule has 5 heteroatoms. The van der Waals surface area contributed by atoms with Gasteiger partial charge in [0.2, 0.25) is 5.91 Å². The van der Waals surface area contributed by atoms with Crippen LogP contribution in [0.3, 0.4) is 0 Å². The molecule has 0 saturated heterocycles. The minimum Gasteiger partial charge on any atom is -0.351 e. The number of nitrogens with zero attached hydrogens (tertiary/aromatic N) is 2. The molecule has 1 aliphatic carbocycles. The normalized spacial score (nSPS) is 22.9. The van der Waals surface area contributed by atoms with Crippen LogP contribution in [0.2, 0.25) is 0 Å². The Labute approximate surface area is 173 Å². The molecule has 1 N–H and O–H groups in total. The highest BCUT2D eigenvalue weighted by Crippen LogP contribution is 2.33. The number of hydrogen-bond donors (Lipinski definition) is 1. The van der Waals surface area contributed by atoms with Gasteiger partial charge in [0.05, 0.1) is 6.54 Å². The Morgan fingerprint density at radius 1 is 1.21 bits per heavy atom. The first-order valence-electron chi connectivity index (χ1n) is 11.1. The molecular weight excluding hydrogens is 362 g/mol. The van der Waals surface area contributed by atoms with Crippen LogP contribution in [0.4, 0.5) is 0 Å². The van der Waals surface area contributed by atoms with Gasteiger partial charge in [0, 0.05) is 23.5 Å². The first-order chi connectivity index (χ1) is 13.9. The standard InChI is InChI=1S/C24H33N3O2/c1-17(2)13-14-27-22(28)21-15-18-9-7-8-12-20(18)26(21)16-24(27,3)23(29)25-19-10-5-4-6-11-19/h7-9,12,15,17,19H,4-6,10-11,13-14,16H2,1-3H3,(H,25,29)/t24-/m0/s1. The minimum absolute atomic E-state index is 0.00932. The molecular formula is C24H33N3O2. The number of nitrogens with one attached hydrogen (secondary N) is 1. The predicted molar refractivity (Wildman–Crippen MR) is 116 cm³/mol. The van der Waals surface area contributed by atoms with Crippen molar-refractivity contribution in [3.8, 4) is 0 Å². The van der Waals surface area contributed by atoms with Crippen molar-refractivity contribution in [1.29, 1.82) is 0 Å². The summed E-state index contributed by atoms with van der Waals surface area (Å²) in [5.74, 6) is 0.431. The third kappa shape index (κ3) is 3.67. The minimum atomic E-state index is -0.877. The van der Waals surface area contributed by atoms with Crippen molar-refractivity contribution in [3.05, 3.63) is 36.0 Å². The van der Waals surface area contributed by atoms with Gasteiger partial charge in [-0.1, -0.05) is 51.3 Å². The largest absolute Gasteiger partial charge is 0.351 e. The van der Waals surface area contributed by atoms with E-state index in [2.05, 4.69) is 19.2 Å². The number of fused-ring (bicyclic) bond motifs is 3. The van der Waals surface area contributed by atoms with Gasteiger partial charge in [-0.05, 0) is 44.2 Å². The van der Waals surface area contributed by atoms with Crippen molar-refractivity contribution in [3.63, 3.8) is 0 Å². The second-order valence-corrected chi connectivity index (χ2v) is 9.40. The Morgan fingerprint density at radius 3 is 2.66 bits per heavy atom. The van der Waals surface area contributed by atoms with Crippen LogP contribution < -0.4 is 5.32 Å². The second-order valence-electron chi connectivity index (χ2n) is 9.40. The van der Waals surface area contributed by atoms with Crippen molar-refractivity contribution in [2.24, 2.45) is 5.92 Å². The van der Waals surface area contributed by atoms with Gasteiger partial charge >= 0.3 is 0 Å². The summed E-state index contributed by atoms with van der Waals surface area (Å²) in [6.07, 6.45) is 6.56. The second kappa shape index (κ2) is 7.85. The van der Waals surface area contributed by atoms with Gasteiger partial charge in [0.1, 0.15) is 11.2 Å². The number of carbonyl (C=O) groups is 2. The van der Waals surface area contributed by atoms with Crippen LogP contribution in [0.1, 0.15) is 69.8 Å². The lowest BCUT2D eigenvalue weighted by Crippen LogP contribution is -2.65. The molecule has 4 rings (SSSR count). The molecule has 1 atom stereocenters. The lowest BCUT2D eigenvalue weighted by molar-refractivity contribution is -0.133. The Bertz CT molecular complexity index is 910. The third-order valence-corrected chi connectivity index (χ3v) is 6.70. The number of para-hydroxylation sites is 1. The highest BCUT2D eigenvalue weighted by atomic mass is 16.2. The Morgan fingerprint density at radius 2 is 1.93 bits per heavy atom. The Kier molecular flexibility index (Phi) is 5.41.